The summed E-state index contributed by atoms with van der Waals surface area (Å²) in [5, 5.41) is 11.0. The van der Waals surface area contributed by atoms with Gasteiger partial charge in [-0.25, -0.2) is 0 Å². The van der Waals surface area contributed by atoms with E-state index in [1.807, 2.05) is 0 Å². The van der Waals surface area contributed by atoms with Crippen LogP contribution in [0.25, 0.3) is 0 Å². The number of H-pyrrole nitrogens is 1. The van der Waals surface area contributed by atoms with Crippen molar-refractivity contribution in [2.45, 2.75) is 58.0 Å². The second kappa shape index (κ2) is 6.69. The third-order valence-corrected chi connectivity index (χ3v) is 8.01. The molecule has 4 fully saturated rings. The summed E-state index contributed by atoms with van der Waals surface area (Å²) in [6.45, 7) is 2.82. The van der Waals surface area contributed by atoms with Crippen LogP contribution in [0.1, 0.15) is 55.3 Å². The van der Waals surface area contributed by atoms with E-state index < -0.39 is 0 Å². The standard InChI is InChI=1S/C24H30N4O/c29-23(24-11-17-8-18(12-24)10-19(9-17)13-24)25-22-20-6-7-28(15-21(20)26-27-22)14-16-4-2-1-3-5-16/h1-5,17-19H,6-15H2,(H2,25,26,27,29). The van der Waals surface area contributed by atoms with Crippen LogP contribution in [-0.2, 0) is 24.3 Å². The summed E-state index contributed by atoms with van der Waals surface area (Å²) in [5.74, 6) is 3.39. The number of rotatable bonds is 4. The van der Waals surface area contributed by atoms with Crippen molar-refractivity contribution in [3.63, 3.8) is 0 Å². The Hall–Kier alpha value is -2.14. The van der Waals surface area contributed by atoms with Crippen molar-refractivity contribution >= 4 is 11.7 Å². The van der Waals surface area contributed by atoms with Gasteiger partial charge in [0.1, 0.15) is 0 Å². The molecule has 4 bridgehead atoms. The summed E-state index contributed by atoms with van der Waals surface area (Å²) in [6.07, 6.45) is 8.33. The van der Waals surface area contributed by atoms with Gasteiger partial charge in [-0.05, 0) is 68.3 Å². The molecule has 5 heteroatoms. The predicted octanol–water partition coefficient (Wildman–Crippen LogP) is 4.12. The van der Waals surface area contributed by atoms with Gasteiger partial charge < -0.3 is 5.32 Å². The van der Waals surface area contributed by atoms with E-state index in [1.54, 1.807) is 0 Å². The van der Waals surface area contributed by atoms with E-state index in [4.69, 9.17) is 0 Å². The fourth-order valence-electron chi connectivity index (χ4n) is 7.08. The lowest BCUT2D eigenvalue weighted by atomic mass is 9.49. The van der Waals surface area contributed by atoms with Gasteiger partial charge in [-0.3, -0.25) is 14.8 Å². The van der Waals surface area contributed by atoms with Crippen LogP contribution in [0.4, 0.5) is 5.82 Å². The molecule has 0 saturated heterocycles. The molecule has 2 heterocycles. The summed E-state index contributed by atoms with van der Waals surface area (Å²) in [5.41, 5.74) is 3.60. The minimum Gasteiger partial charge on any atom is -0.308 e. The lowest BCUT2D eigenvalue weighted by Gasteiger charge is -2.55. The zero-order chi connectivity index (χ0) is 19.4. The van der Waals surface area contributed by atoms with Crippen molar-refractivity contribution in [2.75, 3.05) is 11.9 Å². The van der Waals surface area contributed by atoms with E-state index in [2.05, 4.69) is 50.7 Å². The molecule has 2 aromatic rings. The quantitative estimate of drug-likeness (QED) is 0.825. The summed E-state index contributed by atoms with van der Waals surface area (Å²) < 4.78 is 0. The van der Waals surface area contributed by atoms with E-state index in [1.165, 1.54) is 30.4 Å². The number of carbonyl (C=O) groups is 1. The number of anilines is 1. The minimum atomic E-state index is -0.116. The molecule has 0 unspecified atom stereocenters. The molecular weight excluding hydrogens is 360 g/mol. The van der Waals surface area contributed by atoms with Crippen molar-refractivity contribution in [1.82, 2.24) is 15.1 Å². The Labute approximate surface area is 172 Å². The second-order valence-corrected chi connectivity index (χ2v) is 10.1. The maximum absolute atomic E-state index is 13.4. The number of amides is 1. The average molecular weight is 391 g/mol. The fourth-order valence-corrected chi connectivity index (χ4v) is 7.08. The lowest BCUT2D eigenvalue weighted by molar-refractivity contribution is -0.140. The van der Waals surface area contributed by atoms with E-state index in [-0.39, 0.29) is 11.3 Å². The molecule has 0 atom stereocenters. The smallest absolute Gasteiger partial charge is 0.231 e. The zero-order valence-corrected chi connectivity index (χ0v) is 17.0. The van der Waals surface area contributed by atoms with Gasteiger partial charge in [0.2, 0.25) is 5.91 Å². The largest absolute Gasteiger partial charge is 0.308 e. The number of hydrogen-bond acceptors (Lipinski definition) is 3. The molecule has 7 rings (SSSR count). The van der Waals surface area contributed by atoms with E-state index in [0.29, 0.717) is 0 Å². The van der Waals surface area contributed by atoms with Crippen molar-refractivity contribution in [1.29, 1.82) is 0 Å². The predicted molar refractivity (Wildman–Crippen MR) is 112 cm³/mol. The average Bonchev–Trinajstić information content (AvgIpc) is 3.10. The van der Waals surface area contributed by atoms with Gasteiger partial charge in [0.05, 0.1) is 11.1 Å². The number of fused-ring (bicyclic) bond motifs is 1. The number of nitrogens with zero attached hydrogens (tertiary/aromatic N) is 2. The summed E-state index contributed by atoms with van der Waals surface area (Å²) >= 11 is 0. The normalized spacial score (nSPS) is 32.9. The molecule has 29 heavy (non-hydrogen) atoms. The van der Waals surface area contributed by atoms with Crippen LogP contribution in [0.2, 0.25) is 0 Å². The second-order valence-electron chi connectivity index (χ2n) is 10.1. The van der Waals surface area contributed by atoms with Gasteiger partial charge in [-0.1, -0.05) is 30.3 Å². The van der Waals surface area contributed by atoms with Crippen molar-refractivity contribution in [3.05, 3.63) is 47.2 Å². The number of carbonyl (C=O) groups excluding carboxylic acids is 1. The molecule has 4 saturated carbocycles. The van der Waals surface area contributed by atoms with Crippen LogP contribution >= 0.6 is 0 Å². The highest BCUT2D eigenvalue weighted by Crippen LogP contribution is 2.60. The highest BCUT2D eigenvalue weighted by molar-refractivity contribution is 5.95. The molecule has 5 nitrogen and oxygen atoms in total. The highest BCUT2D eigenvalue weighted by Gasteiger charge is 2.54. The number of aromatic amines is 1. The zero-order valence-electron chi connectivity index (χ0n) is 17.0. The van der Waals surface area contributed by atoms with Crippen LogP contribution < -0.4 is 5.32 Å². The summed E-state index contributed by atoms with van der Waals surface area (Å²) in [6, 6.07) is 10.6. The Kier molecular flexibility index (Phi) is 4.09. The van der Waals surface area contributed by atoms with Crippen LogP contribution in [-0.4, -0.2) is 27.5 Å². The molecule has 152 valence electrons. The third-order valence-electron chi connectivity index (χ3n) is 8.01. The van der Waals surface area contributed by atoms with Gasteiger partial charge in [-0.2, -0.15) is 5.10 Å². The molecular formula is C24H30N4O. The molecule has 1 amide bonds. The number of aromatic nitrogens is 2. The van der Waals surface area contributed by atoms with Crippen LogP contribution in [0, 0.1) is 23.2 Å². The monoisotopic (exact) mass is 390 g/mol. The van der Waals surface area contributed by atoms with Gasteiger partial charge in [0.25, 0.3) is 0 Å². The van der Waals surface area contributed by atoms with Crippen molar-refractivity contribution in [2.24, 2.45) is 23.2 Å². The summed E-state index contributed by atoms with van der Waals surface area (Å²) in [7, 11) is 0. The first-order valence-corrected chi connectivity index (χ1v) is 11.3. The molecule has 0 spiro atoms. The van der Waals surface area contributed by atoms with Gasteiger partial charge in [0, 0.05) is 25.2 Å². The van der Waals surface area contributed by atoms with Gasteiger partial charge in [-0.15, -0.1) is 0 Å². The molecule has 5 aliphatic rings. The SMILES string of the molecule is O=C(Nc1n[nH]c2c1CCN(Cc1ccccc1)C2)C12CC3CC(CC(C3)C1)C2. The Morgan fingerprint density at radius 3 is 2.48 bits per heavy atom. The minimum absolute atomic E-state index is 0.116. The summed E-state index contributed by atoms with van der Waals surface area (Å²) in [4.78, 5) is 15.8. The molecule has 4 aliphatic carbocycles. The van der Waals surface area contributed by atoms with E-state index in [0.717, 1.165) is 74.6 Å². The van der Waals surface area contributed by atoms with Crippen LogP contribution in [0.5, 0.6) is 0 Å². The first-order chi connectivity index (χ1) is 14.2. The number of nitrogens with one attached hydrogen (secondary N) is 2. The Bertz CT molecular complexity index is 883. The van der Waals surface area contributed by atoms with E-state index in [9.17, 15) is 4.79 Å². The molecule has 1 aromatic heterocycles. The first-order valence-electron chi connectivity index (χ1n) is 11.3. The van der Waals surface area contributed by atoms with Crippen molar-refractivity contribution < 1.29 is 4.79 Å². The molecule has 1 aromatic carbocycles. The molecule has 2 N–H and O–H groups in total. The number of benzene rings is 1. The number of hydrogen-bond donors (Lipinski definition) is 2. The van der Waals surface area contributed by atoms with Crippen LogP contribution in [0.15, 0.2) is 30.3 Å². The highest BCUT2D eigenvalue weighted by atomic mass is 16.2. The maximum Gasteiger partial charge on any atom is 0.231 e. The maximum atomic E-state index is 13.4. The van der Waals surface area contributed by atoms with Gasteiger partial charge in [0.15, 0.2) is 5.82 Å². The fraction of sp³-hybridized carbons (Fsp3) is 0.583. The Balaban J connectivity index is 1.16. The van der Waals surface area contributed by atoms with E-state index >= 15 is 0 Å². The topological polar surface area (TPSA) is 61.0 Å². The third kappa shape index (κ3) is 3.10. The molecule has 1 aliphatic heterocycles. The first kappa shape index (κ1) is 17.7. The van der Waals surface area contributed by atoms with Crippen LogP contribution in [0.3, 0.4) is 0 Å². The van der Waals surface area contributed by atoms with Crippen molar-refractivity contribution in [3.8, 4) is 0 Å². The molecule has 0 radical (unpaired) electrons. The lowest BCUT2D eigenvalue weighted by Crippen LogP contribution is -2.51. The Morgan fingerprint density at radius 2 is 1.79 bits per heavy atom. The Morgan fingerprint density at radius 1 is 1.10 bits per heavy atom. The van der Waals surface area contributed by atoms with Gasteiger partial charge >= 0.3 is 0 Å².